The molecule has 30 heavy (non-hydrogen) atoms. The van der Waals surface area contributed by atoms with Crippen molar-refractivity contribution in [3.05, 3.63) is 17.3 Å². The third kappa shape index (κ3) is 4.10. The van der Waals surface area contributed by atoms with Gasteiger partial charge in [-0.1, -0.05) is 0 Å². The number of likely N-dealkylation sites (tertiary alicyclic amines) is 1. The Morgan fingerprint density at radius 3 is 2.63 bits per heavy atom. The number of hydrogen-bond donors (Lipinski definition) is 2. The van der Waals surface area contributed by atoms with Crippen LogP contribution >= 0.6 is 0 Å². The van der Waals surface area contributed by atoms with E-state index in [2.05, 4.69) is 20.5 Å². The lowest BCUT2D eigenvalue weighted by atomic mass is 9.91. The van der Waals surface area contributed by atoms with Gasteiger partial charge in [-0.3, -0.25) is 9.89 Å². The van der Waals surface area contributed by atoms with Crippen molar-refractivity contribution < 1.29 is 22.7 Å². The van der Waals surface area contributed by atoms with Crippen LogP contribution in [-0.4, -0.2) is 57.8 Å². The molecule has 10 heteroatoms. The minimum atomic E-state index is -4.52. The van der Waals surface area contributed by atoms with Gasteiger partial charge in [0.05, 0.1) is 10.9 Å². The molecule has 2 fully saturated rings. The minimum absolute atomic E-state index is 0.0108. The number of aromatic nitrogens is 3. The normalized spacial score (nSPS) is 21.0. The highest BCUT2D eigenvalue weighted by Gasteiger charge is 2.37. The van der Waals surface area contributed by atoms with Crippen molar-refractivity contribution in [2.24, 2.45) is 0 Å². The monoisotopic (exact) mass is 425 g/mol. The first-order valence-electron chi connectivity index (χ1n) is 10.4. The summed E-state index contributed by atoms with van der Waals surface area (Å²) in [6, 6.07) is 1.08. The number of amides is 1. The zero-order valence-electron chi connectivity index (χ0n) is 17.1. The van der Waals surface area contributed by atoms with Crippen molar-refractivity contribution in [3.8, 4) is 0 Å². The van der Waals surface area contributed by atoms with E-state index in [1.54, 1.807) is 4.90 Å². The molecule has 0 aromatic carbocycles. The fourth-order valence-electron chi connectivity index (χ4n) is 4.23. The quantitative estimate of drug-likeness (QED) is 0.781. The number of ether oxygens (including phenoxy) is 1. The minimum Gasteiger partial charge on any atom is -0.368 e. The van der Waals surface area contributed by atoms with Gasteiger partial charge in [0.25, 0.3) is 5.91 Å². The average molecular weight is 425 g/mol. The number of nitrogens with zero attached hydrogens (tertiary/aromatic N) is 3. The average Bonchev–Trinajstić information content (AvgIpc) is 3.36. The Balaban J connectivity index is 1.57. The van der Waals surface area contributed by atoms with Gasteiger partial charge in [0.1, 0.15) is 6.10 Å². The maximum absolute atomic E-state index is 13.8. The molecule has 0 unspecified atom stereocenters. The Bertz CT molecular complexity index is 913. The number of pyridine rings is 1. The number of nitrogens with one attached hydrogen (secondary N) is 2. The van der Waals surface area contributed by atoms with E-state index < -0.39 is 11.7 Å². The molecule has 1 atom stereocenters. The zero-order valence-corrected chi connectivity index (χ0v) is 17.1. The maximum Gasteiger partial charge on any atom is 0.417 e. The summed E-state index contributed by atoms with van der Waals surface area (Å²) >= 11 is 0. The number of piperidine rings is 1. The van der Waals surface area contributed by atoms with E-state index in [1.807, 2.05) is 13.8 Å². The predicted molar refractivity (Wildman–Crippen MR) is 105 cm³/mol. The Labute approximate surface area is 172 Å². The van der Waals surface area contributed by atoms with Gasteiger partial charge in [-0.05, 0) is 45.6 Å². The number of carbonyl (C=O) groups is 1. The number of halogens is 3. The summed E-state index contributed by atoms with van der Waals surface area (Å²) in [5.74, 6) is 0.000482. The van der Waals surface area contributed by atoms with Crippen LogP contribution in [0.2, 0.25) is 0 Å². The number of carbonyl (C=O) groups excluding carboxylic acids is 1. The summed E-state index contributed by atoms with van der Waals surface area (Å²) in [7, 11) is 0. The molecule has 2 aromatic heterocycles. The second kappa shape index (κ2) is 8.05. The van der Waals surface area contributed by atoms with Gasteiger partial charge >= 0.3 is 6.18 Å². The molecule has 2 aromatic rings. The Kier molecular flexibility index (Phi) is 5.61. The largest absolute Gasteiger partial charge is 0.417 e. The zero-order chi connectivity index (χ0) is 21.5. The van der Waals surface area contributed by atoms with Crippen LogP contribution in [0.5, 0.6) is 0 Å². The summed E-state index contributed by atoms with van der Waals surface area (Å²) in [6.45, 7) is 5.26. The summed E-state index contributed by atoms with van der Waals surface area (Å²) in [6.07, 6.45) is -2.14. The van der Waals surface area contributed by atoms with Gasteiger partial charge in [0.15, 0.2) is 11.5 Å². The van der Waals surface area contributed by atoms with Crippen LogP contribution in [0.25, 0.3) is 11.0 Å². The molecular weight excluding hydrogens is 399 g/mol. The second-order valence-electron chi connectivity index (χ2n) is 8.29. The van der Waals surface area contributed by atoms with Gasteiger partial charge in [0, 0.05) is 37.4 Å². The second-order valence-corrected chi connectivity index (χ2v) is 8.29. The van der Waals surface area contributed by atoms with E-state index in [0.717, 1.165) is 18.9 Å². The molecule has 4 rings (SSSR count). The van der Waals surface area contributed by atoms with Crippen LogP contribution in [0.3, 0.4) is 0 Å². The fourth-order valence-corrected chi connectivity index (χ4v) is 4.23. The van der Waals surface area contributed by atoms with Gasteiger partial charge in [-0.25, -0.2) is 4.98 Å². The lowest BCUT2D eigenvalue weighted by Crippen LogP contribution is -2.43. The van der Waals surface area contributed by atoms with Crippen LogP contribution in [0.1, 0.15) is 56.7 Å². The van der Waals surface area contributed by atoms with Crippen molar-refractivity contribution in [1.29, 1.82) is 0 Å². The SMILES string of the molecule is CC(C)Nc1n[nH]c2nc(C3CCN(C(=O)[C@@H]4CCCO4)CC3)cc(C(F)(F)F)c12. The van der Waals surface area contributed by atoms with E-state index >= 15 is 0 Å². The molecule has 4 heterocycles. The van der Waals surface area contributed by atoms with Crippen molar-refractivity contribution in [2.75, 3.05) is 25.0 Å². The van der Waals surface area contributed by atoms with Gasteiger partial charge < -0.3 is 15.0 Å². The molecule has 164 valence electrons. The topological polar surface area (TPSA) is 83.1 Å². The molecule has 2 saturated heterocycles. The summed E-state index contributed by atoms with van der Waals surface area (Å²) < 4.78 is 47.0. The first-order valence-corrected chi connectivity index (χ1v) is 10.4. The van der Waals surface area contributed by atoms with E-state index in [-0.39, 0.29) is 40.8 Å². The van der Waals surface area contributed by atoms with Crippen molar-refractivity contribution in [2.45, 2.75) is 63.8 Å². The number of anilines is 1. The molecule has 1 amide bonds. The van der Waals surface area contributed by atoms with E-state index in [9.17, 15) is 18.0 Å². The first kappa shape index (κ1) is 20.9. The Morgan fingerprint density at radius 1 is 1.30 bits per heavy atom. The van der Waals surface area contributed by atoms with Crippen LogP contribution in [0.15, 0.2) is 6.07 Å². The van der Waals surface area contributed by atoms with Crippen LogP contribution in [0.4, 0.5) is 19.0 Å². The highest BCUT2D eigenvalue weighted by atomic mass is 19.4. The fraction of sp³-hybridized carbons (Fsp3) is 0.650. The Hall–Kier alpha value is -2.36. The van der Waals surface area contributed by atoms with E-state index in [0.29, 0.717) is 38.2 Å². The first-order chi connectivity index (χ1) is 14.2. The molecule has 2 aliphatic rings. The standard InChI is InChI=1S/C20H26F3N5O2/c1-11(2)24-17-16-13(20(21,22)23)10-14(25-18(16)27-26-17)12-5-7-28(8-6-12)19(29)15-4-3-9-30-15/h10-12,15H,3-9H2,1-2H3,(H2,24,25,26,27)/t15-/m0/s1. The Morgan fingerprint density at radius 2 is 2.03 bits per heavy atom. The number of fused-ring (bicyclic) bond motifs is 1. The molecule has 0 bridgehead atoms. The number of aromatic amines is 1. The smallest absolute Gasteiger partial charge is 0.368 e. The molecule has 0 radical (unpaired) electrons. The predicted octanol–water partition coefficient (Wildman–Crippen LogP) is 3.68. The summed E-state index contributed by atoms with van der Waals surface area (Å²) in [4.78, 5) is 18.7. The lowest BCUT2D eigenvalue weighted by Gasteiger charge is -2.33. The van der Waals surface area contributed by atoms with Crippen molar-refractivity contribution in [1.82, 2.24) is 20.1 Å². The highest BCUT2D eigenvalue weighted by Crippen LogP contribution is 2.40. The maximum atomic E-state index is 13.8. The van der Waals surface area contributed by atoms with Crippen LogP contribution in [-0.2, 0) is 15.7 Å². The van der Waals surface area contributed by atoms with E-state index in [1.165, 1.54) is 0 Å². The number of alkyl halides is 3. The van der Waals surface area contributed by atoms with E-state index in [4.69, 9.17) is 4.74 Å². The molecule has 7 nitrogen and oxygen atoms in total. The van der Waals surface area contributed by atoms with Gasteiger partial charge in [0.2, 0.25) is 0 Å². The molecule has 2 N–H and O–H groups in total. The molecular formula is C20H26F3N5O2. The van der Waals surface area contributed by atoms with Gasteiger partial charge in [-0.2, -0.15) is 18.3 Å². The van der Waals surface area contributed by atoms with Gasteiger partial charge in [-0.15, -0.1) is 0 Å². The van der Waals surface area contributed by atoms with Crippen molar-refractivity contribution >= 4 is 22.8 Å². The highest BCUT2D eigenvalue weighted by molar-refractivity contribution is 5.91. The number of hydrogen-bond acceptors (Lipinski definition) is 5. The third-order valence-corrected chi connectivity index (χ3v) is 5.71. The summed E-state index contributed by atoms with van der Waals surface area (Å²) in [5, 5.41) is 9.56. The molecule has 2 aliphatic heterocycles. The number of H-pyrrole nitrogens is 1. The van der Waals surface area contributed by atoms with Crippen LogP contribution in [0, 0.1) is 0 Å². The molecule has 0 spiro atoms. The lowest BCUT2D eigenvalue weighted by molar-refractivity contribution is -0.142. The molecule has 0 saturated carbocycles. The third-order valence-electron chi connectivity index (χ3n) is 5.71. The summed E-state index contributed by atoms with van der Waals surface area (Å²) in [5.41, 5.74) is -0.225. The number of rotatable bonds is 4. The molecule has 0 aliphatic carbocycles. The van der Waals surface area contributed by atoms with Crippen molar-refractivity contribution in [3.63, 3.8) is 0 Å². The van der Waals surface area contributed by atoms with Crippen LogP contribution < -0.4 is 5.32 Å².